The molecule has 0 aliphatic heterocycles. The predicted octanol–water partition coefficient (Wildman–Crippen LogP) is 6.44. The van der Waals surface area contributed by atoms with Crippen molar-refractivity contribution in [1.82, 2.24) is 30.2 Å². The summed E-state index contributed by atoms with van der Waals surface area (Å²) in [6.07, 6.45) is 3.32. The molecule has 45 heavy (non-hydrogen) atoms. The van der Waals surface area contributed by atoms with Crippen molar-refractivity contribution < 1.29 is 24.1 Å². The summed E-state index contributed by atoms with van der Waals surface area (Å²) in [7, 11) is 0. The number of nitrogens with two attached hydrogens (primary N) is 1. The van der Waals surface area contributed by atoms with E-state index in [1.807, 2.05) is 38.1 Å². The van der Waals surface area contributed by atoms with Gasteiger partial charge in [0.1, 0.15) is 22.9 Å². The molecule has 0 bridgehead atoms. The number of nitrogen functional groups attached to an aromatic ring is 1. The van der Waals surface area contributed by atoms with E-state index in [4.69, 9.17) is 14.8 Å². The Morgan fingerprint density at radius 1 is 0.756 bits per heavy atom. The van der Waals surface area contributed by atoms with Crippen LogP contribution in [0.3, 0.4) is 0 Å². The summed E-state index contributed by atoms with van der Waals surface area (Å²) in [5.41, 5.74) is 10.5. The third kappa shape index (κ3) is 7.65. The van der Waals surface area contributed by atoms with Gasteiger partial charge in [0.2, 0.25) is 17.6 Å². The second kappa shape index (κ2) is 14.4. The number of rotatable bonds is 5. The Bertz CT molecular complexity index is 1920. The molecule has 6 rings (SSSR count). The smallest absolute Gasteiger partial charge is 0.262 e. The monoisotopic (exact) mass is 610 g/mol. The molecule has 0 aliphatic rings. The standard InChI is InChI=1S/C16H14N4O3.C14H12N4O2.2CH4/c1-9-4-3-7-17-14(9)15-19-16(23-20-15)12-6-5-11(8-13(12)22)18-10(2)21;1-8-3-2-6-16-12(8)13-17-14(20-18-13)10-5-4-9(15)7-11(10)19;;/h3-8,22H,1-2H3,(H,18,21);2-7,19H,15H2,1H3;2*1H4. The molecule has 0 saturated heterocycles. The van der Waals surface area contributed by atoms with Gasteiger partial charge in [-0.3, -0.25) is 14.8 Å². The first-order valence-electron chi connectivity index (χ1n) is 12.9. The molecule has 4 heterocycles. The molecule has 6 aromatic rings. The van der Waals surface area contributed by atoms with Crippen molar-refractivity contribution in [3.05, 3.63) is 84.2 Å². The van der Waals surface area contributed by atoms with Crippen LogP contribution >= 0.6 is 0 Å². The van der Waals surface area contributed by atoms with Crippen molar-refractivity contribution in [1.29, 1.82) is 0 Å². The quantitative estimate of drug-likeness (QED) is 0.156. The van der Waals surface area contributed by atoms with Gasteiger partial charge in [0.25, 0.3) is 11.8 Å². The van der Waals surface area contributed by atoms with Gasteiger partial charge in [0.05, 0.1) is 11.1 Å². The number of phenolic OH excluding ortho intramolecular Hbond substituents is 2. The summed E-state index contributed by atoms with van der Waals surface area (Å²) in [5.74, 6) is 0.849. The zero-order valence-corrected chi connectivity index (χ0v) is 23.3. The van der Waals surface area contributed by atoms with Crippen LogP contribution in [0.4, 0.5) is 11.4 Å². The maximum atomic E-state index is 11.0. The zero-order valence-electron chi connectivity index (χ0n) is 23.3. The summed E-state index contributed by atoms with van der Waals surface area (Å²) >= 11 is 0. The minimum absolute atomic E-state index is 0. The lowest BCUT2D eigenvalue weighted by molar-refractivity contribution is -0.114. The van der Waals surface area contributed by atoms with Crippen LogP contribution in [0.1, 0.15) is 32.9 Å². The number of aromatic hydroxyl groups is 2. The molecule has 0 unspecified atom stereocenters. The number of carbonyl (C=O) groups excluding carboxylic acids is 1. The molecule has 4 aromatic heterocycles. The van der Waals surface area contributed by atoms with Crippen LogP contribution in [0, 0.1) is 13.8 Å². The summed E-state index contributed by atoms with van der Waals surface area (Å²) in [4.78, 5) is 28.0. The van der Waals surface area contributed by atoms with E-state index < -0.39 is 0 Å². The second-order valence-electron chi connectivity index (χ2n) is 9.37. The average Bonchev–Trinajstić information content (AvgIpc) is 3.65. The number of aryl methyl sites for hydroxylation is 2. The first kappa shape index (κ1) is 33.4. The third-order valence-corrected chi connectivity index (χ3v) is 6.10. The highest BCUT2D eigenvalue weighted by Gasteiger charge is 2.17. The van der Waals surface area contributed by atoms with Gasteiger partial charge in [0.15, 0.2) is 0 Å². The van der Waals surface area contributed by atoms with Crippen LogP contribution < -0.4 is 11.1 Å². The Kier molecular flexibility index (Phi) is 10.7. The number of hydrogen-bond acceptors (Lipinski definition) is 12. The molecule has 1 amide bonds. The maximum Gasteiger partial charge on any atom is 0.262 e. The number of pyridine rings is 2. The van der Waals surface area contributed by atoms with Gasteiger partial charge in [0, 0.05) is 42.8 Å². The lowest BCUT2D eigenvalue weighted by Crippen LogP contribution is -2.05. The van der Waals surface area contributed by atoms with E-state index in [-0.39, 0.29) is 44.0 Å². The molecule has 0 spiro atoms. The van der Waals surface area contributed by atoms with E-state index >= 15 is 0 Å². The van der Waals surface area contributed by atoms with E-state index in [9.17, 15) is 15.0 Å². The highest BCUT2D eigenvalue weighted by atomic mass is 16.5. The summed E-state index contributed by atoms with van der Waals surface area (Å²) in [6.45, 7) is 5.21. The Labute approximate surface area is 259 Å². The van der Waals surface area contributed by atoms with Gasteiger partial charge in [-0.15, -0.1) is 0 Å². The largest absolute Gasteiger partial charge is 0.507 e. The van der Waals surface area contributed by atoms with Gasteiger partial charge in [-0.1, -0.05) is 37.3 Å². The summed E-state index contributed by atoms with van der Waals surface area (Å²) in [5, 5.41) is 30.3. The fourth-order valence-electron chi connectivity index (χ4n) is 4.02. The molecule has 13 nitrogen and oxygen atoms in total. The van der Waals surface area contributed by atoms with E-state index in [0.717, 1.165) is 11.1 Å². The van der Waals surface area contributed by atoms with E-state index in [0.29, 0.717) is 45.5 Å². The lowest BCUT2D eigenvalue weighted by atomic mass is 10.1. The average molecular weight is 611 g/mol. The third-order valence-electron chi connectivity index (χ3n) is 6.10. The number of hydrogen-bond donors (Lipinski definition) is 4. The lowest BCUT2D eigenvalue weighted by Gasteiger charge is -2.04. The normalized spacial score (nSPS) is 10.1. The molecular formula is C32H34N8O5. The highest BCUT2D eigenvalue weighted by molar-refractivity contribution is 5.89. The number of anilines is 2. The van der Waals surface area contributed by atoms with Crippen molar-refractivity contribution >= 4 is 17.3 Å². The summed E-state index contributed by atoms with van der Waals surface area (Å²) < 4.78 is 10.4. The zero-order chi connectivity index (χ0) is 30.5. The van der Waals surface area contributed by atoms with Crippen LogP contribution in [0.2, 0.25) is 0 Å². The van der Waals surface area contributed by atoms with Gasteiger partial charge in [-0.05, 0) is 61.4 Å². The van der Waals surface area contributed by atoms with Gasteiger partial charge < -0.3 is 30.3 Å². The molecule has 5 N–H and O–H groups in total. The van der Waals surface area contributed by atoms with Crippen molar-refractivity contribution in [2.75, 3.05) is 11.1 Å². The van der Waals surface area contributed by atoms with Gasteiger partial charge >= 0.3 is 0 Å². The van der Waals surface area contributed by atoms with Crippen molar-refractivity contribution in [3.63, 3.8) is 0 Å². The fraction of sp³-hybridized carbons (Fsp3) is 0.156. The van der Waals surface area contributed by atoms with Gasteiger partial charge in [-0.2, -0.15) is 9.97 Å². The molecule has 0 atom stereocenters. The maximum absolute atomic E-state index is 11.0. The minimum Gasteiger partial charge on any atom is -0.507 e. The molecule has 13 heteroatoms. The number of aromatic nitrogens is 6. The minimum atomic E-state index is -0.220. The molecular weight excluding hydrogens is 576 g/mol. The molecule has 0 radical (unpaired) electrons. The Morgan fingerprint density at radius 3 is 1.69 bits per heavy atom. The molecule has 0 saturated carbocycles. The predicted molar refractivity (Wildman–Crippen MR) is 171 cm³/mol. The number of nitrogens with zero attached hydrogens (tertiary/aromatic N) is 6. The summed E-state index contributed by atoms with van der Waals surface area (Å²) in [6, 6.07) is 16.9. The van der Waals surface area contributed by atoms with Gasteiger partial charge in [-0.25, -0.2) is 0 Å². The fourth-order valence-corrected chi connectivity index (χ4v) is 4.02. The number of benzene rings is 2. The first-order valence-corrected chi connectivity index (χ1v) is 12.9. The van der Waals surface area contributed by atoms with Crippen molar-refractivity contribution in [2.24, 2.45) is 0 Å². The van der Waals surface area contributed by atoms with Crippen molar-refractivity contribution in [3.8, 4) is 57.4 Å². The second-order valence-corrected chi connectivity index (χ2v) is 9.37. The molecule has 0 aliphatic carbocycles. The van der Waals surface area contributed by atoms with E-state index in [1.165, 1.54) is 19.1 Å². The van der Waals surface area contributed by atoms with E-state index in [2.05, 4.69) is 35.6 Å². The Hall–Kier alpha value is -6.11. The number of carbonyl (C=O) groups is 1. The first-order chi connectivity index (χ1) is 20.7. The van der Waals surface area contributed by atoms with Crippen LogP contribution in [-0.2, 0) is 4.79 Å². The Balaban J connectivity index is 0.000000237. The van der Waals surface area contributed by atoms with Crippen LogP contribution in [0.15, 0.2) is 82.1 Å². The van der Waals surface area contributed by atoms with Crippen LogP contribution in [0.5, 0.6) is 11.5 Å². The van der Waals surface area contributed by atoms with Crippen LogP contribution in [-0.4, -0.2) is 46.4 Å². The Morgan fingerprint density at radius 2 is 1.24 bits per heavy atom. The molecule has 232 valence electrons. The molecule has 2 aromatic carbocycles. The van der Waals surface area contributed by atoms with E-state index in [1.54, 1.807) is 36.7 Å². The topological polar surface area (TPSA) is 199 Å². The van der Waals surface area contributed by atoms with Crippen molar-refractivity contribution in [2.45, 2.75) is 35.6 Å². The SMILES string of the molecule is C.C.CC(=O)Nc1ccc(-c2nc(-c3ncccc3C)no2)c(O)c1.Cc1cccnc1-c1noc(-c2ccc(N)cc2O)n1. The highest BCUT2D eigenvalue weighted by Crippen LogP contribution is 2.32. The number of phenols is 2. The molecule has 0 fully saturated rings. The number of amides is 1. The number of nitrogens with one attached hydrogen (secondary N) is 1. The van der Waals surface area contributed by atoms with Crippen LogP contribution in [0.25, 0.3) is 45.9 Å².